The third-order valence-corrected chi connectivity index (χ3v) is 3.93. The van der Waals surface area contributed by atoms with E-state index in [0.29, 0.717) is 5.69 Å². The molecule has 1 aromatic carbocycles. The predicted octanol–water partition coefficient (Wildman–Crippen LogP) is 2.66. The summed E-state index contributed by atoms with van der Waals surface area (Å²) in [6.07, 6.45) is 3.07. The van der Waals surface area contributed by atoms with Gasteiger partial charge in [0.1, 0.15) is 10.0 Å². The lowest BCUT2D eigenvalue weighted by atomic mass is 10.2. The van der Waals surface area contributed by atoms with E-state index in [9.17, 15) is 13.6 Å². The van der Waals surface area contributed by atoms with Gasteiger partial charge in [0.15, 0.2) is 17.3 Å². The lowest BCUT2D eigenvalue weighted by Crippen LogP contribution is -2.13. The molecule has 0 fully saturated rings. The van der Waals surface area contributed by atoms with Crippen molar-refractivity contribution in [3.63, 3.8) is 0 Å². The highest BCUT2D eigenvalue weighted by Gasteiger charge is 2.20. The third kappa shape index (κ3) is 2.90. The highest BCUT2D eigenvalue weighted by Crippen LogP contribution is 2.32. The van der Waals surface area contributed by atoms with Crippen LogP contribution in [0.25, 0.3) is 10.6 Å². The lowest BCUT2D eigenvalue weighted by molar-refractivity contribution is 0.102. The van der Waals surface area contributed by atoms with Crippen LogP contribution in [0.5, 0.6) is 0 Å². The molecule has 1 amide bonds. The number of thiazole rings is 1. The molecule has 3 aromatic rings. The molecule has 0 aliphatic heterocycles. The fourth-order valence-corrected chi connectivity index (χ4v) is 2.80. The molecule has 0 radical (unpaired) electrons. The summed E-state index contributed by atoms with van der Waals surface area (Å²) in [7, 11) is 1.71. The first-order chi connectivity index (χ1) is 11.0. The van der Waals surface area contributed by atoms with E-state index in [0.717, 1.165) is 17.4 Å². The molecule has 0 atom stereocenters. The quantitative estimate of drug-likeness (QED) is 0.770. The van der Waals surface area contributed by atoms with Crippen LogP contribution in [0, 0.1) is 11.6 Å². The van der Waals surface area contributed by atoms with Crippen molar-refractivity contribution in [2.75, 3.05) is 11.1 Å². The summed E-state index contributed by atoms with van der Waals surface area (Å²) in [4.78, 5) is 16.2. The highest BCUT2D eigenvalue weighted by molar-refractivity contribution is 7.19. The number of hydrogen-bond donors (Lipinski definition) is 2. The van der Waals surface area contributed by atoms with Gasteiger partial charge in [0, 0.05) is 18.8 Å². The van der Waals surface area contributed by atoms with E-state index in [1.54, 1.807) is 13.2 Å². The van der Waals surface area contributed by atoms with E-state index in [4.69, 9.17) is 5.73 Å². The molecule has 2 aromatic heterocycles. The number of aromatic nitrogens is 3. The Kier molecular flexibility index (Phi) is 3.78. The van der Waals surface area contributed by atoms with E-state index >= 15 is 0 Å². The topological polar surface area (TPSA) is 85.8 Å². The van der Waals surface area contributed by atoms with Gasteiger partial charge < -0.3 is 11.1 Å². The lowest BCUT2D eigenvalue weighted by Gasteiger charge is -2.00. The number of carbonyl (C=O) groups is 1. The Morgan fingerprint density at radius 1 is 1.39 bits per heavy atom. The summed E-state index contributed by atoms with van der Waals surface area (Å²) in [6, 6.07) is 3.74. The Balaban J connectivity index is 1.91. The second-order valence-corrected chi connectivity index (χ2v) is 5.72. The zero-order valence-corrected chi connectivity index (χ0v) is 12.7. The molecular weight excluding hydrogens is 324 g/mol. The molecule has 2 heterocycles. The molecule has 0 saturated carbocycles. The van der Waals surface area contributed by atoms with Gasteiger partial charge in [-0.15, -0.1) is 0 Å². The van der Waals surface area contributed by atoms with Gasteiger partial charge in [-0.3, -0.25) is 9.48 Å². The third-order valence-electron chi connectivity index (χ3n) is 3.01. The number of aryl methyl sites for hydroxylation is 1. The number of hydrogen-bond acceptors (Lipinski definition) is 5. The fraction of sp³-hybridized carbons (Fsp3) is 0.0714. The van der Waals surface area contributed by atoms with E-state index in [-0.39, 0.29) is 21.3 Å². The van der Waals surface area contributed by atoms with Crippen LogP contribution >= 0.6 is 11.3 Å². The number of nitrogens with zero attached hydrogens (tertiary/aromatic N) is 3. The number of carbonyl (C=O) groups excluding carboxylic acids is 1. The van der Waals surface area contributed by atoms with Crippen molar-refractivity contribution in [3.8, 4) is 10.6 Å². The standard InChI is InChI=1S/C14H11F2N5OS/c1-21-6-7(5-18-21)19-13(22)11-12(17)23-14(20-11)8-3-2-4-9(15)10(8)16/h2-6H,17H2,1H3,(H,19,22). The SMILES string of the molecule is Cn1cc(NC(=O)c2nc(-c3cccc(F)c3F)sc2N)cn1. The maximum Gasteiger partial charge on any atom is 0.277 e. The van der Waals surface area contributed by atoms with Gasteiger partial charge >= 0.3 is 0 Å². The number of anilines is 2. The Morgan fingerprint density at radius 3 is 2.87 bits per heavy atom. The molecule has 0 saturated heterocycles. The maximum absolute atomic E-state index is 13.8. The van der Waals surface area contributed by atoms with E-state index in [1.807, 2.05) is 0 Å². The Labute approximate surface area is 133 Å². The molecule has 118 valence electrons. The van der Waals surface area contributed by atoms with Gasteiger partial charge in [0.25, 0.3) is 5.91 Å². The molecule has 3 N–H and O–H groups in total. The van der Waals surface area contributed by atoms with Crippen molar-refractivity contribution >= 4 is 27.9 Å². The van der Waals surface area contributed by atoms with Crippen LogP contribution < -0.4 is 11.1 Å². The van der Waals surface area contributed by atoms with Gasteiger partial charge in [-0.2, -0.15) is 5.10 Å². The number of halogens is 2. The van der Waals surface area contributed by atoms with Crippen LogP contribution in [0.2, 0.25) is 0 Å². The molecule has 0 spiro atoms. The molecule has 0 aliphatic rings. The van der Waals surface area contributed by atoms with Crippen LogP contribution in [0.4, 0.5) is 19.5 Å². The molecule has 0 unspecified atom stereocenters. The second kappa shape index (κ2) is 5.76. The average molecular weight is 335 g/mol. The second-order valence-electron chi connectivity index (χ2n) is 4.69. The van der Waals surface area contributed by atoms with Crippen molar-refractivity contribution in [2.24, 2.45) is 7.05 Å². The maximum atomic E-state index is 13.8. The Hall–Kier alpha value is -2.81. The van der Waals surface area contributed by atoms with Gasteiger partial charge in [0.05, 0.1) is 11.9 Å². The molecule has 0 aliphatic carbocycles. The number of nitrogens with two attached hydrogens (primary N) is 1. The van der Waals surface area contributed by atoms with E-state index in [2.05, 4.69) is 15.4 Å². The minimum Gasteiger partial charge on any atom is -0.389 e. The van der Waals surface area contributed by atoms with Crippen molar-refractivity contribution < 1.29 is 13.6 Å². The number of rotatable bonds is 3. The predicted molar refractivity (Wildman–Crippen MR) is 83.0 cm³/mol. The largest absolute Gasteiger partial charge is 0.389 e. The van der Waals surface area contributed by atoms with Crippen LogP contribution in [-0.4, -0.2) is 20.7 Å². The van der Waals surface area contributed by atoms with E-state index in [1.165, 1.54) is 23.0 Å². The summed E-state index contributed by atoms with van der Waals surface area (Å²) >= 11 is 0.913. The first-order valence-electron chi connectivity index (χ1n) is 6.46. The Bertz CT molecular complexity index is 889. The Morgan fingerprint density at radius 2 is 2.17 bits per heavy atom. The number of nitrogen functional groups attached to an aromatic ring is 1. The molecule has 6 nitrogen and oxygen atoms in total. The minimum absolute atomic E-state index is 0.0397. The van der Waals surface area contributed by atoms with Crippen LogP contribution in [0.3, 0.4) is 0 Å². The van der Waals surface area contributed by atoms with Crippen molar-refractivity contribution in [2.45, 2.75) is 0 Å². The van der Waals surface area contributed by atoms with Gasteiger partial charge in [-0.05, 0) is 12.1 Å². The van der Waals surface area contributed by atoms with E-state index < -0.39 is 17.5 Å². The molecule has 3 rings (SSSR count). The smallest absolute Gasteiger partial charge is 0.277 e. The molecule has 9 heteroatoms. The van der Waals surface area contributed by atoms with Crippen molar-refractivity contribution in [3.05, 3.63) is 47.9 Å². The summed E-state index contributed by atoms with van der Waals surface area (Å²) in [5.41, 5.74) is 6.18. The van der Waals surface area contributed by atoms with Crippen molar-refractivity contribution in [1.29, 1.82) is 0 Å². The average Bonchev–Trinajstić information content (AvgIpc) is 3.08. The number of benzene rings is 1. The van der Waals surface area contributed by atoms with Gasteiger partial charge in [0.2, 0.25) is 0 Å². The molecule has 23 heavy (non-hydrogen) atoms. The first-order valence-corrected chi connectivity index (χ1v) is 7.28. The monoisotopic (exact) mass is 335 g/mol. The summed E-state index contributed by atoms with van der Waals surface area (Å²) in [5, 5.41) is 6.76. The van der Waals surface area contributed by atoms with Gasteiger partial charge in [-0.1, -0.05) is 17.4 Å². The first kappa shape index (κ1) is 15.1. The fourth-order valence-electron chi connectivity index (χ4n) is 1.95. The highest BCUT2D eigenvalue weighted by atomic mass is 32.1. The van der Waals surface area contributed by atoms with Crippen LogP contribution in [-0.2, 0) is 7.05 Å². The summed E-state index contributed by atoms with van der Waals surface area (Å²) in [5.74, 6) is -2.56. The van der Waals surface area contributed by atoms with Gasteiger partial charge in [-0.25, -0.2) is 13.8 Å². The zero-order chi connectivity index (χ0) is 16.6. The summed E-state index contributed by atoms with van der Waals surface area (Å²) < 4.78 is 28.6. The van der Waals surface area contributed by atoms with Crippen LogP contribution in [0.1, 0.15) is 10.5 Å². The van der Waals surface area contributed by atoms with Crippen LogP contribution in [0.15, 0.2) is 30.6 Å². The number of nitrogens with one attached hydrogen (secondary N) is 1. The number of amides is 1. The molecular formula is C14H11F2N5OS. The zero-order valence-electron chi connectivity index (χ0n) is 11.9. The van der Waals surface area contributed by atoms with Crippen molar-refractivity contribution in [1.82, 2.24) is 14.8 Å². The normalized spacial score (nSPS) is 10.7. The minimum atomic E-state index is -1.03. The molecule has 0 bridgehead atoms. The summed E-state index contributed by atoms with van der Waals surface area (Å²) in [6.45, 7) is 0.